The van der Waals surface area contributed by atoms with E-state index in [1.165, 1.54) is 0 Å². The van der Waals surface area contributed by atoms with E-state index in [0.717, 1.165) is 0 Å². The molecular weight excluding hydrogens is 234 g/mol. The van der Waals surface area contributed by atoms with Gasteiger partial charge in [0.05, 0.1) is 11.8 Å². The molecule has 0 unspecified atom stereocenters. The number of nitrogens with zero attached hydrogens (tertiary/aromatic N) is 1. The first kappa shape index (κ1) is 11.1. The number of β-lactam (4-membered cyclic amide) rings is 1. The number of hydrogen-bond donors (Lipinski definition) is 1. The van der Waals surface area contributed by atoms with E-state index in [2.05, 4.69) is 12.6 Å². The molecule has 2 heterocycles. The molecule has 2 atom stereocenters. The third-order valence-electron chi connectivity index (χ3n) is 2.75. The molecule has 15 heavy (non-hydrogen) atoms. The van der Waals surface area contributed by atoms with Gasteiger partial charge in [-0.15, -0.1) is 24.4 Å². The number of amides is 1. The molecule has 0 aromatic rings. The van der Waals surface area contributed by atoms with Gasteiger partial charge in [-0.1, -0.05) is 0 Å². The summed E-state index contributed by atoms with van der Waals surface area (Å²) < 4.78 is 4.61. The fraction of sp³-hybridized carbons (Fsp3) is 0.778. The summed E-state index contributed by atoms with van der Waals surface area (Å²) in [6, 6.07) is -0.458. The van der Waals surface area contributed by atoms with Gasteiger partial charge in [0.15, 0.2) is 0 Å². The maximum Gasteiger partial charge on any atom is 0.331 e. The van der Waals surface area contributed by atoms with Crippen LogP contribution in [0.3, 0.4) is 0 Å². The summed E-state index contributed by atoms with van der Waals surface area (Å²) in [5.41, 5.74) is 0. The second-order valence-corrected chi connectivity index (χ2v) is 6.27. The van der Waals surface area contributed by atoms with Crippen molar-refractivity contribution >= 4 is 36.3 Å². The highest BCUT2D eigenvalue weighted by Crippen LogP contribution is 2.50. The highest BCUT2D eigenvalue weighted by atomic mass is 32.2. The minimum absolute atomic E-state index is 0.0409. The Balaban J connectivity index is 2.19. The van der Waals surface area contributed by atoms with E-state index in [0.29, 0.717) is 6.42 Å². The Labute approximate surface area is 98.1 Å². The number of hydrogen-bond acceptors (Lipinski definition) is 5. The Morgan fingerprint density at radius 2 is 2.40 bits per heavy atom. The SMILES string of the molecule is CC1(C)S[C@@H]2CC(=O)N2[C@H]1C(=O)OCS. The molecule has 2 rings (SSSR count). The van der Waals surface area contributed by atoms with Gasteiger partial charge in [-0.3, -0.25) is 4.79 Å². The lowest BCUT2D eigenvalue weighted by Gasteiger charge is -2.37. The molecule has 0 aromatic heterocycles. The van der Waals surface area contributed by atoms with Gasteiger partial charge in [-0.05, 0) is 13.8 Å². The van der Waals surface area contributed by atoms with Gasteiger partial charge >= 0.3 is 5.97 Å². The van der Waals surface area contributed by atoms with Gasteiger partial charge in [0.25, 0.3) is 0 Å². The molecule has 2 fully saturated rings. The number of fused-ring (bicyclic) bond motifs is 1. The van der Waals surface area contributed by atoms with Gasteiger partial charge in [-0.25, -0.2) is 4.79 Å². The summed E-state index contributed by atoms with van der Waals surface area (Å²) >= 11 is 5.51. The van der Waals surface area contributed by atoms with Crippen LogP contribution in [-0.2, 0) is 14.3 Å². The highest BCUT2D eigenvalue weighted by molar-refractivity contribution is 8.01. The zero-order chi connectivity index (χ0) is 11.2. The molecule has 4 nitrogen and oxygen atoms in total. The predicted octanol–water partition coefficient (Wildman–Crippen LogP) is 0.869. The first-order valence-electron chi connectivity index (χ1n) is 4.74. The standard InChI is InChI=1S/C9H13NO3S2/c1-9(2)7(8(12)13-4-14)10-5(11)3-6(10)15-9/h6-7,14H,3-4H2,1-2H3/t6-,7+/m1/s1. The number of esters is 1. The van der Waals surface area contributed by atoms with Crippen molar-refractivity contribution in [1.29, 1.82) is 0 Å². The first-order valence-corrected chi connectivity index (χ1v) is 6.25. The van der Waals surface area contributed by atoms with Crippen molar-refractivity contribution in [3.05, 3.63) is 0 Å². The number of thioether (sulfide) groups is 1. The summed E-state index contributed by atoms with van der Waals surface area (Å²) in [5.74, 6) is -0.250. The summed E-state index contributed by atoms with van der Waals surface area (Å²) in [4.78, 5) is 24.8. The quantitative estimate of drug-likeness (QED) is 0.340. The summed E-state index contributed by atoms with van der Waals surface area (Å²) in [5, 5.41) is 0.157. The zero-order valence-electron chi connectivity index (χ0n) is 8.60. The average Bonchev–Trinajstić information content (AvgIpc) is 2.33. The maximum absolute atomic E-state index is 11.7. The molecule has 2 saturated heterocycles. The third-order valence-corrected chi connectivity index (χ3v) is 4.38. The molecule has 0 N–H and O–H groups in total. The number of carbonyl (C=O) groups is 2. The van der Waals surface area contributed by atoms with Crippen molar-refractivity contribution in [3.63, 3.8) is 0 Å². The van der Waals surface area contributed by atoms with Gasteiger partial charge in [-0.2, -0.15) is 0 Å². The van der Waals surface area contributed by atoms with E-state index in [1.54, 1.807) is 16.7 Å². The van der Waals surface area contributed by atoms with Gasteiger partial charge in [0.2, 0.25) is 5.91 Å². The van der Waals surface area contributed by atoms with Crippen LogP contribution in [0.2, 0.25) is 0 Å². The molecule has 2 aliphatic heterocycles. The largest absolute Gasteiger partial charge is 0.453 e. The number of rotatable bonds is 2. The van der Waals surface area contributed by atoms with Crippen LogP contribution in [0.25, 0.3) is 0 Å². The minimum Gasteiger partial charge on any atom is -0.453 e. The summed E-state index contributed by atoms with van der Waals surface area (Å²) in [7, 11) is 0. The lowest BCUT2D eigenvalue weighted by Crippen LogP contribution is -2.57. The van der Waals surface area contributed by atoms with Crippen LogP contribution < -0.4 is 0 Å². The highest BCUT2D eigenvalue weighted by Gasteiger charge is 2.58. The molecule has 84 valence electrons. The molecule has 0 radical (unpaired) electrons. The fourth-order valence-electron chi connectivity index (χ4n) is 2.10. The number of thiol groups is 1. The average molecular weight is 247 g/mol. The van der Waals surface area contributed by atoms with Crippen molar-refractivity contribution in [3.8, 4) is 0 Å². The maximum atomic E-state index is 11.7. The van der Waals surface area contributed by atoms with Crippen LogP contribution in [0, 0.1) is 0 Å². The van der Waals surface area contributed by atoms with E-state index < -0.39 is 6.04 Å². The Kier molecular flexibility index (Phi) is 2.66. The Bertz CT molecular complexity index is 318. The van der Waals surface area contributed by atoms with Gasteiger partial charge < -0.3 is 9.64 Å². The van der Waals surface area contributed by atoms with Crippen LogP contribution in [-0.4, -0.2) is 38.9 Å². The summed E-state index contributed by atoms with van der Waals surface area (Å²) in [6.45, 7) is 3.93. The molecule has 0 spiro atoms. The van der Waals surface area contributed by atoms with Crippen molar-refractivity contribution in [2.45, 2.75) is 36.4 Å². The molecule has 0 aromatic carbocycles. The smallest absolute Gasteiger partial charge is 0.331 e. The van der Waals surface area contributed by atoms with Crippen LogP contribution in [0.15, 0.2) is 0 Å². The van der Waals surface area contributed by atoms with Crippen molar-refractivity contribution < 1.29 is 14.3 Å². The van der Waals surface area contributed by atoms with Crippen molar-refractivity contribution in [2.75, 3.05) is 5.94 Å². The molecule has 0 aliphatic carbocycles. The molecule has 6 heteroatoms. The zero-order valence-corrected chi connectivity index (χ0v) is 10.3. The molecule has 0 saturated carbocycles. The van der Waals surface area contributed by atoms with Crippen LogP contribution in [0.4, 0.5) is 0 Å². The first-order chi connectivity index (χ1) is 6.97. The Morgan fingerprint density at radius 1 is 1.73 bits per heavy atom. The second-order valence-electron chi connectivity index (χ2n) is 4.18. The Morgan fingerprint density at radius 3 is 2.93 bits per heavy atom. The lowest BCUT2D eigenvalue weighted by atomic mass is 9.98. The molecule has 1 amide bonds. The minimum atomic E-state index is -0.458. The fourth-order valence-corrected chi connectivity index (χ4v) is 3.85. The van der Waals surface area contributed by atoms with E-state index in [4.69, 9.17) is 4.74 Å². The predicted molar refractivity (Wildman–Crippen MR) is 60.7 cm³/mol. The van der Waals surface area contributed by atoms with Crippen LogP contribution in [0.5, 0.6) is 0 Å². The molecule has 0 bridgehead atoms. The van der Waals surface area contributed by atoms with Crippen molar-refractivity contribution in [1.82, 2.24) is 4.90 Å². The second kappa shape index (κ2) is 3.59. The van der Waals surface area contributed by atoms with E-state index >= 15 is 0 Å². The van der Waals surface area contributed by atoms with E-state index in [1.807, 2.05) is 13.8 Å². The normalized spacial score (nSPS) is 32.2. The topological polar surface area (TPSA) is 46.6 Å². The van der Waals surface area contributed by atoms with Crippen LogP contribution in [0.1, 0.15) is 20.3 Å². The van der Waals surface area contributed by atoms with Crippen molar-refractivity contribution in [2.24, 2.45) is 0 Å². The Hall–Kier alpha value is -0.360. The van der Waals surface area contributed by atoms with Crippen LogP contribution >= 0.6 is 24.4 Å². The van der Waals surface area contributed by atoms with E-state index in [9.17, 15) is 9.59 Å². The van der Waals surface area contributed by atoms with Gasteiger partial charge in [0.1, 0.15) is 12.0 Å². The molecule has 2 aliphatic rings. The number of ether oxygens (including phenoxy) is 1. The van der Waals surface area contributed by atoms with E-state index in [-0.39, 0.29) is 27.9 Å². The lowest BCUT2D eigenvalue weighted by molar-refractivity contribution is -0.159. The monoisotopic (exact) mass is 247 g/mol. The number of carbonyl (C=O) groups excluding carboxylic acids is 2. The summed E-state index contributed by atoms with van der Waals surface area (Å²) in [6.07, 6.45) is 0.540. The molecular formula is C9H13NO3S2. The third kappa shape index (κ3) is 1.63. The van der Waals surface area contributed by atoms with Gasteiger partial charge in [0, 0.05) is 4.75 Å².